The Labute approximate surface area is 110 Å². The highest BCUT2D eigenvalue weighted by Crippen LogP contribution is 2.15. The molecule has 2 unspecified atom stereocenters. The van der Waals surface area contributed by atoms with Crippen LogP contribution in [0.2, 0.25) is 0 Å². The van der Waals surface area contributed by atoms with Gasteiger partial charge in [0, 0.05) is 26.8 Å². The Bertz CT molecular complexity index is 236. The van der Waals surface area contributed by atoms with Crippen LogP contribution in [0.3, 0.4) is 0 Å². The summed E-state index contributed by atoms with van der Waals surface area (Å²) in [7, 11) is 1.66. The van der Waals surface area contributed by atoms with Crippen LogP contribution in [0.15, 0.2) is 0 Å². The van der Waals surface area contributed by atoms with Crippen LogP contribution >= 0.6 is 0 Å². The van der Waals surface area contributed by atoms with Crippen LogP contribution in [0.5, 0.6) is 0 Å². The molecule has 106 valence electrons. The van der Waals surface area contributed by atoms with E-state index in [0.717, 1.165) is 25.9 Å². The lowest BCUT2D eigenvalue weighted by Crippen LogP contribution is -2.43. The molecule has 1 rings (SSSR count). The van der Waals surface area contributed by atoms with E-state index in [2.05, 4.69) is 17.6 Å². The fourth-order valence-corrected chi connectivity index (χ4v) is 2.13. The largest absolute Gasteiger partial charge is 0.382 e. The van der Waals surface area contributed by atoms with Gasteiger partial charge < -0.3 is 20.1 Å². The van der Waals surface area contributed by atoms with Crippen LogP contribution in [0.1, 0.15) is 19.8 Å². The number of methoxy groups -OCH3 is 1. The van der Waals surface area contributed by atoms with Crippen molar-refractivity contribution >= 4 is 5.91 Å². The SMILES string of the molecule is COCCOCCCNC(=O)C1CNCC(C)C1. The summed E-state index contributed by atoms with van der Waals surface area (Å²) in [5.41, 5.74) is 0. The van der Waals surface area contributed by atoms with Crippen molar-refractivity contribution in [1.29, 1.82) is 0 Å². The lowest BCUT2D eigenvalue weighted by atomic mass is 9.91. The average Bonchev–Trinajstić information content (AvgIpc) is 2.37. The molecule has 0 aromatic carbocycles. The Hall–Kier alpha value is -0.650. The third kappa shape index (κ3) is 6.33. The average molecular weight is 258 g/mol. The highest BCUT2D eigenvalue weighted by Gasteiger charge is 2.24. The first kappa shape index (κ1) is 15.4. The van der Waals surface area contributed by atoms with Crippen molar-refractivity contribution in [2.75, 3.05) is 46.6 Å². The second-order valence-corrected chi connectivity index (χ2v) is 4.95. The van der Waals surface area contributed by atoms with E-state index >= 15 is 0 Å². The minimum atomic E-state index is 0.128. The Kier molecular flexibility index (Phi) is 7.96. The molecule has 2 N–H and O–H groups in total. The molecule has 0 aliphatic carbocycles. The highest BCUT2D eigenvalue weighted by molar-refractivity contribution is 5.78. The van der Waals surface area contributed by atoms with Crippen molar-refractivity contribution in [2.24, 2.45) is 11.8 Å². The molecule has 1 aliphatic heterocycles. The van der Waals surface area contributed by atoms with Crippen LogP contribution in [0.4, 0.5) is 0 Å². The number of amides is 1. The molecule has 0 radical (unpaired) electrons. The maximum Gasteiger partial charge on any atom is 0.224 e. The molecule has 1 aliphatic rings. The van der Waals surface area contributed by atoms with Gasteiger partial charge in [-0.1, -0.05) is 6.92 Å². The van der Waals surface area contributed by atoms with Crippen LogP contribution in [0.25, 0.3) is 0 Å². The lowest BCUT2D eigenvalue weighted by Gasteiger charge is -2.26. The zero-order valence-electron chi connectivity index (χ0n) is 11.5. The fraction of sp³-hybridized carbons (Fsp3) is 0.923. The molecule has 0 aromatic rings. The molecule has 0 spiro atoms. The molecule has 1 heterocycles. The molecule has 2 atom stereocenters. The zero-order chi connectivity index (χ0) is 13.2. The summed E-state index contributed by atoms with van der Waals surface area (Å²) < 4.78 is 10.2. The molecule has 5 nitrogen and oxygen atoms in total. The van der Waals surface area contributed by atoms with Crippen molar-refractivity contribution in [3.05, 3.63) is 0 Å². The summed E-state index contributed by atoms with van der Waals surface area (Å²) in [6.45, 7) is 6.61. The van der Waals surface area contributed by atoms with E-state index in [9.17, 15) is 4.79 Å². The third-order valence-corrected chi connectivity index (χ3v) is 3.14. The fourth-order valence-electron chi connectivity index (χ4n) is 2.13. The topological polar surface area (TPSA) is 59.6 Å². The van der Waals surface area contributed by atoms with Crippen molar-refractivity contribution < 1.29 is 14.3 Å². The number of piperidine rings is 1. The summed E-state index contributed by atoms with van der Waals surface area (Å²) in [6, 6.07) is 0. The number of carbonyl (C=O) groups excluding carboxylic acids is 1. The van der Waals surface area contributed by atoms with Crippen LogP contribution in [0, 0.1) is 11.8 Å². The van der Waals surface area contributed by atoms with Crippen molar-refractivity contribution in [3.63, 3.8) is 0 Å². The molecular formula is C13H26N2O3. The number of carbonyl (C=O) groups is 1. The molecule has 0 saturated carbocycles. The van der Waals surface area contributed by atoms with Crippen molar-refractivity contribution in [2.45, 2.75) is 19.8 Å². The van der Waals surface area contributed by atoms with Crippen molar-refractivity contribution in [3.8, 4) is 0 Å². The van der Waals surface area contributed by atoms with Crippen LogP contribution < -0.4 is 10.6 Å². The first-order valence-corrected chi connectivity index (χ1v) is 6.79. The Morgan fingerprint density at radius 3 is 2.89 bits per heavy atom. The van der Waals surface area contributed by atoms with Gasteiger partial charge in [0.2, 0.25) is 5.91 Å². The Balaban J connectivity index is 1.99. The van der Waals surface area contributed by atoms with Gasteiger partial charge in [-0.25, -0.2) is 0 Å². The van der Waals surface area contributed by atoms with E-state index in [1.807, 2.05) is 0 Å². The second kappa shape index (κ2) is 9.30. The minimum absolute atomic E-state index is 0.128. The van der Waals surface area contributed by atoms with Gasteiger partial charge in [0.15, 0.2) is 0 Å². The summed E-state index contributed by atoms with van der Waals surface area (Å²) in [5, 5.41) is 6.26. The Morgan fingerprint density at radius 2 is 2.17 bits per heavy atom. The molecule has 1 amide bonds. The summed E-state index contributed by atoms with van der Waals surface area (Å²) in [4.78, 5) is 11.9. The first-order valence-electron chi connectivity index (χ1n) is 6.79. The molecule has 5 heteroatoms. The van der Waals surface area contributed by atoms with Gasteiger partial charge >= 0.3 is 0 Å². The summed E-state index contributed by atoms with van der Waals surface area (Å²) in [6.07, 6.45) is 1.84. The third-order valence-electron chi connectivity index (χ3n) is 3.14. The smallest absolute Gasteiger partial charge is 0.224 e. The zero-order valence-corrected chi connectivity index (χ0v) is 11.5. The number of ether oxygens (including phenoxy) is 2. The molecule has 18 heavy (non-hydrogen) atoms. The van der Waals surface area contributed by atoms with Gasteiger partial charge in [-0.3, -0.25) is 4.79 Å². The van der Waals surface area contributed by atoms with Gasteiger partial charge in [-0.15, -0.1) is 0 Å². The predicted octanol–water partition coefficient (Wildman–Crippen LogP) is 0.401. The van der Waals surface area contributed by atoms with Crippen LogP contribution in [-0.2, 0) is 14.3 Å². The van der Waals surface area contributed by atoms with Gasteiger partial charge in [-0.2, -0.15) is 0 Å². The molecule has 0 aromatic heterocycles. The number of hydrogen-bond acceptors (Lipinski definition) is 4. The molecule has 1 saturated heterocycles. The number of nitrogens with one attached hydrogen (secondary N) is 2. The van der Waals surface area contributed by atoms with Gasteiger partial charge in [0.05, 0.1) is 19.1 Å². The minimum Gasteiger partial charge on any atom is -0.382 e. The Morgan fingerprint density at radius 1 is 1.33 bits per heavy atom. The normalized spacial score (nSPS) is 23.9. The highest BCUT2D eigenvalue weighted by atomic mass is 16.5. The van der Waals surface area contributed by atoms with Gasteiger partial charge in [0.1, 0.15) is 0 Å². The quantitative estimate of drug-likeness (QED) is 0.619. The monoisotopic (exact) mass is 258 g/mol. The summed E-state index contributed by atoms with van der Waals surface area (Å²) in [5.74, 6) is 0.890. The maximum atomic E-state index is 11.9. The summed E-state index contributed by atoms with van der Waals surface area (Å²) >= 11 is 0. The standard InChI is InChI=1S/C13H26N2O3/c1-11-8-12(10-14-9-11)13(16)15-4-3-5-18-7-6-17-2/h11-12,14H,3-10H2,1-2H3,(H,15,16). The predicted molar refractivity (Wildman–Crippen MR) is 70.5 cm³/mol. The molecule has 0 bridgehead atoms. The maximum absolute atomic E-state index is 11.9. The van der Waals surface area contributed by atoms with Crippen LogP contribution in [-0.4, -0.2) is 52.5 Å². The van der Waals surface area contributed by atoms with E-state index in [0.29, 0.717) is 32.3 Å². The van der Waals surface area contributed by atoms with E-state index in [4.69, 9.17) is 9.47 Å². The van der Waals surface area contributed by atoms with E-state index in [1.165, 1.54) is 0 Å². The van der Waals surface area contributed by atoms with Gasteiger partial charge in [-0.05, 0) is 25.3 Å². The van der Waals surface area contributed by atoms with Gasteiger partial charge in [0.25, 0.3) is 0 Å². The molecular weight excluding hydrogens is 232 g/mol. The lowest BCUT2D eigenvalue weighted by molar-refractivity contribution is -0.125. The van der Waals surface area contributed by atoms with Crippen molar-refractivity contribution in [1.82, 2.24) is 10.6 Å². The van der Waals surface area contributed by atoms with E-state index < -0.39 is 0 Å². The van der Waals surface area contributed by atoms with E-state index in [1.54, 1.807) is 7.11 Å². The number of rotatable bonds is 8. The molecule has 1 fully saturated rings. The van der Waals surface area contributed by atoms with E-state index in [-0.39, 0.29) is 11.8 Å². The number of hydrogen-bond donors (Lipinski definition) is 2. The second-order valence-electron chi connectivity index (χ2n) is 4.95. The first-order chi connectivity index (χ1) is 8.74.